The molecule has 0 rings (SSSR count). The highest BCUT2D eigenvalue weighted by Crippen LogP contribution is 1.38. The molecule has 0 aliphatic carbocycles. The predicted octanol–water partition coefficient (Wildman–Crippen LogP) is -4.52. The lowest BCUT2D eigenvalue weighted by molar-refractivity contribution is 0.204. The van der Waals surface area contributed by atoms with Gasteiger partial charge in [0.25, 0.3) is 0 Å². The van der Waals surface area contributed by atoms with Crippen LogP contribution in [-0.4, -0.2) is 134 Å². The molecule has 0 heterocycles. The molecule has 0 radical (unpaired) electrons. The molecule has 0 saturated heterocycles. The Morgan fingerprint density at radius 1 is 0.167 bits per heavy atom. The van der Waals surface area contributed by atoms with Crippen LogP contribution in [0.5, 0.6) is 0 Å². The van der Waals surface area contributed by atoms with Crippen LogP contribution in [0.2, 0.25) is 0 Å². The summed E-state index contributed by atoms with van der Waals surface area (Å²) in [7, 11) is 0. The Kier molecular flexibility index (Phi) is 115. The molecule has 0 bridgehead atoms. The number of carboxylic acid groups (broad SMARTS) is 12. The zero-order valence-electron chi connectivity index (χ0n) is 23.2. The van der Waals surface area contributed by atoms with E-state index in [9.17, 15) is 0 Å². The van der Waals surface area contributed by atoms with Crippen molar-refractivity contribution in [3.05, 3.63) is 0 Å². The van der Waals surface area contributed by atoms with E-state index in [1.807, 2.05) is 0 Å². The first-order valence-electron chi connectivity index (χ1n) is 8.60. The van der Waals surface area contributed by atoms with Gasteiger partial charge in [0.15, 0.2) is 0 Å². The number of rotatable bonds is 0. The standard InChI is InChI=1S/12CH3NO2/c12*2-1(3)4/h12*2H2,(H,3,4). The Morgan fingerprint density at radius 3 is 0.167 bits per heavy atom. The van der Waals surface area contributed by atoms with Crippen molar-refractivity contribution in [3.63, 3.8) is 0 Å². The van der Waals surface area contributed by atoms with Crippen LogP contribution in [-0.2, 0) is 0 Å². The lowest BCUT2D eigenvalue weighted by Gasteiger charge is -1.61. The minimum atomic E-state index is -1.33. The molecule has 0 saturated carbocycles. The molecule has 0 aromatic carbocycles. The first-order chi connectivity index (χ1) is 20.8. The summed E-state index contributed by atoms with van der Waals surface area (Å²) in [6, 6.07) is 0. The molecule has 288 valence electrons. The normalized spacial score (nSPS) is 6.00. The molecule has 36 nitrogen and oxygen atoms in total. The summed E-state index contributed by atoms with van der Waals surface area (Å²) in [5.74, 6) is 0. The number of primary amides is 12. The topological polar surface area (TPSA) is 760 Å². The largest absolute Gasteiger partial charge is 0.465 e. The third kappa shape index (κ3) is 637. The van der Waals surface area contributed by atoms with Crippen molar-refractivity contribution in [2.45, 2.75) is 0 Å². The summed E-state index contributed by atoms with van der Waals surface area (Å²) in [5.41, 5.74) is 48.3. The predicted molar refractivity (Wildman–Crippen MR) is 147 cm³/mol. The SMILES string of the molecule is NC(=O)O.NC(=O)O.NC(=O)O.NC(=O)O.NC(=O)O.NC(=O)O.NC(=O)O.NC(=O)O.NC(=O)O.NC(=O)O.NC(=O)O.NC(=O)O. The van der Waals surface area contributed by atoms with Gasteiger partial charge in [-0.05, 0) is 0 Å². The van der Waals surface area contributed by atoms with Crippen LogP contribution < -0.4 is 68.8 Å². The third-order valence-electron chi connectivity index (χ3n) is 0. The van der Waals surface area contributed by atoms with Gasteiger partial charge >= 0.3 is 73.1 Å². The van der Waals surface area contributed by atoms with Crippen molar-refractivity contribution in [2.75, 3.05) is 0 Å². The maximum absolute atomic E-state index is 8.78. The molecule has 12 amide bonds. The third-order valence-corrected chi connectivity index (χ3v) is 0. The van der Waals surface area contributed by atoms with Crippen molar-refractivity contribution in [2.24, 2.45) is 68.8 Å². The van der Waals surface area contributed by atoms with Gasteiger partial charge in [0.1, 0.15) is 0 Å². The zero-order valence-corrected chi connectivity index (χ0v) is 23.2. The Labute approximate surface area is 261 Å². The van der Waals surface area contributed by atoms with Gasteiger partial charge in [0, 0.05) is 0 Å². The van der Waals surface area contributed by atoms with Gasteiger partial charge < -0.3 is 130 Å². The van der Waals surface area contributed by atoms with E-state index in [0.29, 0.717) is 0 Å². The van der Waals surface area contributed by atoms with E-state index in [-0.39, 0.29) is 0 Å². The lowest BCUT2D eigenvalue weighted by atomic mass is 11.3. The summed E-state index contributed by atoms with van der Waals surface area (Å²) in [4.78, 5) is 105. The lowest BCUT2D eigenvalue weighted by Crippen LogP contribution is -2.03. The fraction of sp³-hybridized carbons (Fsp3) is 0. The molecular weight excluding hydrogens is 696 g/mol. The fourth-order valence-electron chi connectivity index (χ4n) is 0. The molecule has 0 spiro atoms. The highest BCUT2D eigenvalue weighted by Gasteiger charge is 1.69. The van der Waals surface area contributed by atoms with Crippen LogP contribution in [0, 0.1) is 0 Å². The minimum Gasteiger partial charge on any atom is -0.465 e. The van der Waals surface area contributed by atoms with Gasteiger partial charge in [-0.15, -0.1) is 0 Å². The fourth-order valence-corrected chi connectivity index (χ4v) is 0. The first kappa shape index (κ1) is 77.3. The highest BCUT2D eigenvalue weighted by atomic mass is 16.4. The Hall–Kier alpha value is -8.76. The molecule has 0 aromatic rings. The molecule has 0 unspecified atom stereocenters. The Balaban J connectivity index is -0.0000000295. The van der Waals surface area contributed by atoms with E-state index in [2.05, 4.69) is 68.8 Å². The van der Waals surface area contributed by atoms with Crippen molar-refractivity contribution in [3.8, 4) is 0 Å². The maximum atomic E-state index is 8.78. The molecule has 0 aliphatic heterocycles. The minimum absolute atomic E-state index is 1.33. The van der Waals surface area contributed by atoms with E-state index in [1.54, 1.807) is 0 Å². The van der Waals surface area contributed by atoms with Crippen molar-refractivity contribution < 1.29 is 119 Å². The van der Waals surface area contributed by atoms with Crippen LogP contribution in [0.25, 0.3) is 0 Å². The number of nitrogens with two attached hydrogens (primary N) is 12. The molecule has 36 heteroatoms. The molecule has 0 fully saturated rings. The van der Waals surface area contributed by atoms with Gasteiger partial charge in [-0.1, -0.05) is 0 Å². The first-order valence-corrected chi connectivity index (χ1v) is 8.60. The Bertz CT molecular complexity index is 606. The van der Waals surface area contributed by atoms with Crippen LogP contribution >= 0.6 is 0 Å². The molecule has 0 atom stereocenters. The quantitative estimate of drug-likeness (QED) is 0.111. The molecule has 0 aromatic heterocycles. The second kappa shape index (κ2) is 71.5. The zero-order chi connectivity index (χ0) is 42.9. The van der Waals surface area contributed by atoms with Crippen LogP contribution in [0.15, 0.2) is 0 Å². The highest BCUT2D eigenvalue weighted by molar-refractivity contribution is 5.64. The van der Waals surface area contributed by atoms with Gasteiger partial charge in [0.05, 0.1) is 0 Å². The van der Waals surface area contributed by atoms with Gasteiger partial charge in [-0.25, -0.2) is 57.5 Å². The van der Waals surface area contributed by atoms with Gasteiger partial charge in [0.2, 0.25) is 0 Å². The molecule has 0 aliphatic rings. The van der Waals surface area contributed by atoms with E-state index >= 15 is 0 Å². The van der Waals surface area contributed by atoms with E-state index in [0.717, 1.165) is 0 Å². The van der Waals surface area contributed by atoms with E-state index < -0.39 is 73.1 Å². The van der Waals surface area contributed by atoms with Crippen LogP contribution in [0.3, 0.4) is 0 Å². The summed E-state index contributed by atoms with van der Waals surface area (Å²) in [5, 5.41) is 86.3. The van der Waals surface area contributed by atoms with Gasteiger partial charge in [-0.2, -0.15) is 0 Å². The summed E-state index contributed by atoms with van der Waals surface area (Å²) < 4.78 is 0. The summed E-state index contributed by atoms with van der Waals surface area (Å²) >= 11 is 0. The average molecular weight is 732 g/mol. The molecule has 36 N–H and O–H groups in total. The number of hydrogen-bond acceptors (Lipinski definition) is 12. The molecule has 48 heavy (non-hydrogen) atoms. The van der Waals surface area contributed by atoms with Crippen molar-refractivity contribution in [1.29, 1.82) is 0 Å². The van der Waals surface area contributed by atoms with Crippen LogP contribution in [0.4, 0.5) is 57.5 Å². The van der Waals surface area contributed by atoms with E-state index in [1.165, 1.54) is 0 Å². The monoisotopic (exact) mass is 732 g/mol. The van der Waals surface area contributed by atoms with Gasteiger partial charge in [-0.3, -0.25) is 0 Å². The maximum Gasteiger partial charge on any atom is 0.402 e. The number of hydrogen-bond donors (Lipinski definition) is 24. The van der Waals surface area contributed by atoms with E-state index in [4.69, 9.17) is 119 Å². The Morgan fingerprint density at radius 2 is 0.167 bits per heavy atom. The molecular formula is C12H36N12O24. The van der Waals surface area contributed by atoms with Crippen LogP contribution in [0.1, 0.15) is 0 Å². The summed E-state index contributed by atoms with van der Waals surface area (Å²) in [6.45, 7) is 0. The number of carbonyl (C=O) groups is 12. The smallest absolute Gasteiger partial charge is 0.402 e. The number of amides is 12. The summed E-state index contributed by atoms with van der Waals surface area (Å²) in [6.07, 6.45) is -16.0. The average Bonchev–Trinajstić information content (AvgIpc) is 2.61. The van der Waals surface area contributed by atoms with Crippen molar-refractivity contribution >= 4 is 73.1 Å². The van der Waals surface area contributed by atoms with Crippen molar-refractivity contribution in [1.82, 2.24) is 0 Å². The second-order valence-electron chi connectivity index (χ2n) is 4.06. The second-order valence-corrected chi connectivity index (χ2v) is 4.06.